The molecule has 2 nitrogen and oxygen atoms in total. The summed E-state index contributed by atoms with van der Waals surface area (Å²) in [7, 11) is 2.25. The summed E-state index contributed by atoms with van der Waals surface area (Å²) in [5.41, 5.74) is 0.618. The van der Waals surface area contributed by atoms with E-state index in [0.29, 0.717) is 5.41 Å². The van der Waals surface area contributed by atoms with Crippen LogP contribution in [0.5, 0.6) is 0 Å². The van der Waals surface area contributed by atoms with E-state index in [1.165, 1.54) is 32.6 Å². The first-order chi connectivity index (χ1) is 6.15. The first kappa shape index (κ1) is 9.47. The lowest BCUT2D eigenvalue weighted by Gasteiger charge is -2.45. The van der Waals surface area contributed by atoms with Crippen LogP contribution in [0.15, 0.2) is 0 Å². The molecule has 2 heterocycles. The smallest absolute Gasteiger partial charge is 0.00145 e. The van der Waals surface area contributed by atoms with E-state index in [0.717, 1.165) is 11.8 Å². The van der Waals surface area contributed by atoms with Gasteiger partial charge in [0.15, 0.2) is 0 Å². The van der Waals surface area contributed by atoms with E-state index in [2.05, 4.69) is 31.1 Å². The second kappa shape index (κ2) is 3.25. The Morgan fingerprint density at radius 3 is 2.62 bits per heavy atom. The van der Waals surface area contributed by atoms with Gasteiger partial charge in [-0.05, 0) is 43.8 Å². The fourth-order valence-corrected chi connectivity index (χ4v) is 3.28. The Balaban J connectivity index is 2.13. The van der Waals surface area contributed by atoms with Gasteiger partial charge in [0.25, 0.3) is 0 Å². The fraction of sp³-hybridized carbons (Fsp3) is 1.00. The number of rotatable bonds is 0. The van der Waals surface area contributed by atoms with Gasteiger partial charge < -0.3 is 10.2 Å². The molecule has 2 aliphatic rings. The van der Waals surface area contributed by atoms with Gasteiger partial charge in [-0.15, -0.1) is 0 Å². The molecule has 0 aliphatic carbocycles. The third kappa shape index (κ3) is 1.40. The van der Waals surface area contributed by atoms with E-state index in [9.17, 15) is 0 Å². The van der Waals surface area contributed by atoms with Crippen molar-refractivity contribution in [2.24, 2.45) is 17.3 Å². The van der Waals surface area contributed by atoms with Gasteiger partial charge in [-0.3, -0.25) is 0 Å². The zero-order valence-corrected chi connectivity index (χ0v) is 9.14. The molecule has 2 aliphatic heterocycles. The lowest BCUT2D eigenvalue weighted by atomic mass is 9.65. The van der Waals surface area contributed by atoms with Crippen LogP contribution in [-0.4, -0.2) is 38.1 Å². The lowest BCUT2D eigenvalue weighted by Crippen LogP contribution is -2.48. The van der Waals surface area contributed by atoms with Crippen LogP contribution in [0.3, 0.4) is 0 Å². The molecule has 0 aromatic heterocycles. The third-order valence-electron chi connectivity index (χ3n) is 4.41. The van der Waals surface area contributed by atoms with Crippen LogP contribution in [0.2, 0.25) is 0 Å². The average Bonchev–Trinajstić information content (AvgIpc) is 2.43. The molecule has 0 radical (unpaired) electrons. The largest absolute Gasteiger partial charge is 0.316 e. The summed E-state index contributed by atoms with van der Waals surface area (Å²) in [6.45, 7) is 9.90. The van der Waals surface area contributed by atoms with Crippen LogP contribution in [0, 0.1) is 17.3 Å². The molecule has 2 heteroatoms. The van der Waals surface area contributed by atoms with E-state index in [1.807, 2.05) is 0 Å². The second-order valence-corrected chi connectivity index (χ2v) is 5.18. The standard InChI is InChI=1S/C11H22N2/c1-9-6-12-8-11(9)4-5-13(3)7-10(11)2/h9-10,12H,4-8H2,1-3H3. The van der Waals surface area contributed by atoms with Crippen molar-refractivity contribution in [2.75, 3.05) is 33.2 Å². The summed E-state index contributed by atoms with van der Waals surface area (Å²) in [5.74, 6) is 1.73. The van der Waals surface area contributed by atoms with Gasteiger partial charge in [0.2, 0.25) is 0 Å². The highest BCUT2D eigenvalue weighted by atomic mass is 15.1. The number of nitrogens with one attached hydrogen (secondary N) is 1. The molecule has 76 valence electrons. The van der Waals surface area contributed by atoms with Crippen LogP contribution >= 0.6 is 0 Å². The van der Waals surface area contributed by atoms with Gasteiger partial charge in [-0.25, -0.2) is 0 Å². The number of hydrogen-bond donors (Lipinski definition) is 1. The van der Waals surface area contributed by atoms with Crippen molar-refractivity contribution in [3.63, 3.8) is 0 Å². The molecule has 1 spiro atoms. The van der Waals surface area contributed by atoms with Crippen LogP contribution in [0.25, 0.3) is 0 Å². The number of hydrogen-bond acceptors (Lipinski definition) is 2. The van der Waals surface area contributed by atoms with Crippen LogP contribution in [0.1, 0.15) is 20.3 Å². The van der Waals surface area contributed by atoms with Crippen LogP contribution in [0.4, 0.5) is 0 Å². The molecule has 3 unspecified atom stereocenters. The second-order valence-electron chi connectivity index (χ2n) is 5.18. The Kier molecular flexibility index (Phi) is 2.37. The summed E-state index contributed by atoms with van der Waals surface area (Å²) in [5, 5.41) is 3.56. The van der Waals surface area contributed by atoms with Crippen molar-refractivity contribution in [3.05, 3.63) is 0 Å². The monoisotopic (exact) mass is 182 g/mol. The molecule has 2 fully saturated rings. The Bertz CT molecular complexity index is 193. The Hall–Kier alpha value is -0.0800. The number of piperidine rings is 1. The first-order valence-corrected chi connectivity index (χ1v) is 5.54. The Labute approximate surface area is 81.7 Å². The first-order valence-electron chi connectivity index (χ1n) is 5.54. The Morgan fingerprint density at radius 2 is 2.08 bits per heavy atom. The summed E-state index contributed by atoms with van der Waals surface area (Å²) in [4.78, 5) is 2.47. The van der Waals surface area contributed by atoms with Crippen molar-refractivity contribution < 1.29 is 0 Å². The van der Waals surface area contributed by atoms with E-state index < -0.39 is 0 Å². The summed E-state index contributed by atoms with van der Waals surface area (Å²) < 4.78 is 0. The minimum absolute atomic E-state index is 0.618. The van der Waals surface area contributed by atoms with Crippen molar-refractivity contribution >= 4 is 0 Å². The maximum Gasteiger partial charge on any atom is 0.00145 e. The molecule has 2 rings (SSSR count). The fourth-order valence-electron chi connectivity index (χ4n) is 3.28. The maximum atomic E-state index is 3.56. The van der Waals surface area contributed by atoms with Crippen LogP contribution in [-0.2, 0) is 0 Å². The normalized spacial score (nSPS) is 47.3. The van der Waals surface area contributed by atoms with Gasteiger partial charge in [-0.2, -0.15) is 0 Å². The van der Waals surface area contributed by atoms with Gasteiger partial charge >= 0.3 is 0 Å². The van der Waals surface area contributed by atoms with Gasteiger partial charge in [-0.1, -0.05) is 13.8 Å². The predicted molar refractivity (Wildman–Crippen MR) is 55.7 cm³/mol. The van der Waals surface area contributed by atoms with Crippen molar-refractivity contribution in [2.45, 2.75) is 20.3 Å². The molecule has 13 heavy (non-hydrogen) atoms. The lowest BCUT2D eigenvalue weighted by molar-refractivity contribution is 0.0405. The average molecular weight is 182 g/mol. The summed E-state index contributed by atoms with van der Waals surface area (Å²) in [6.07, 6.45) is 1.39. The van der Waals surface area contributed by atoms with Gasteiger partial charge in [0, 0.05) is 13.1 Å². The highest BCUT2D eigenvalue weighted by Crippen LogP contribution is 2.44. The van der Waals surface area contributed by atoms with Gasteiger partial charge in [0.1, 0.15) is 0 Å². The van der Waals surface area contributed by atoms with Crippen LogP contribution < -0.4 is 5.32 Å². The molecule has 2 saturated heterocycles. The molecule has 1 N–H and O–H groups in total. The molecular weight excluding hydrogens is 160 g/mol. The van der Waals surface area contributed by atoms with Gasteiger partial charge in [0.05, 0.1) is 0 Å². The SMILES string of the molecule is CC1CNCC12CCN(C)CC2C. The summed E-state index contributed by atoms with van der Waals surface area (Å²) in [6, 6.07) is 0. The van der Waals surface area contributed by atoms with Crippen molar-refractivity contribution in [3.8, 4) is 0 Å². The topological polar surface area (TPSA) is 15.3 Å². The zero-order valence-electron chi connectivity index (χ0n) is 9.14. The molecular formula is C11H22N2. The molecule has 0 bridgehead atoms. The minimum Gasteiger partial charge on any atom is -0.316 e. The third-order valence-corrected chi connectivity index (χ3v) is 4.41. The minimum atomic E-state index is 0.618. The quantitative estimate of drug-likeness (QED) is 0.605. The zero-order chi connectivity index (χ0) is 9.47. The molecule has 0 amide bonds. The highest BCUT2D eigenvalue weighted by molar-refractivity contribution is 4.99. The number of nitrogens with zero attached hydrogens (tertiary/aromatic N) is 1. The van der Waals surface area contributed by atoms with Crippen molar-refractivity contribution in [1.29, 1.82) is 0 Å². The molecule has 0 aromatic carbocycles. The maximum absolute atomic E-state index is 3.56. The van der Waals surface area contributed by atoms with E-state index in [4.69, 9.17) is 0 Å². The molecule has 3 atom stereocenters. The van der Waals surface area contributed by atoms with Crippen molar-refractivity contribution in [1.82, 2.24) is 10.2 Å². The van der Waals surface area contributed by atoms with E-state index >= 15 is 0 Å². The van der Waals surface area contributed by atoms with E-state index in [-0.39, 0.29) is 0 Å². The predicted octanol–water partition coefficient (Wildman–Crippen LogP) is 1.18. The van der Waals surface area contributed by atoms with E-state index in [1.54, 1.807) is 0 Å². The highest BCUT2D eigenvalue weighted by Gasteiger charge is 2.46. The Morgan fingerprint density at radius 1 is 1.31 bits per heavy atom. The molecule has 0 aromatic rings. The molecule has 0 saturated carbocycles. The number of likely N-dealkylation sites (tertiary alicyclic amines) is 1. The summed E-state index contributed by atoms with van der Waals surface area (Å²) >= 11 is 0.